The number of amides is 3. The number of nitrogens with zero attached hydrogens (tertiary/aromatic N) is 2. The number of H-pyrrole nitrogens is 1. The second-order valence-electron chi connectivity index (χ2n) is 10.9. The summed E-state index contributed by atoms with van der Waals surface area (Å²) in [5.41, 5.74) is 1.95. The molecule has 0 saturated heterocycles. The molecule has 35 heavy (non-hydrogen) atoms. The fourth-order valence-corrected chi connectivity index (χ4v) is 7.40. The van der Waals surface area contributed by atoms with Gasteiger partial charge in [0.25, 0.3) is 0 Å². The van der Waals surface area contributed by atoms with Crippen LogP contribution in [0.25, 0.3) is 11.0 Å². The molecule has 3 amide bonds. The van der Waals surface area contributed by atoms with E-state index in [-0.39, 0.29) is 22.9 Å². The summed E-state index contributed by atoms with van der Waals surface area (Å²) < 4.78 is 19.9. The molecule has 3 aromatic rings. The van der Waals surface area contributed by atoms with Gasteiger partial charge in [0, 0.05) is 10.9 Å². The van der Waals surface area contributed by atoms with Crippen molar-refractivity contribution in [1.29, 1.82) is 0 Å². The van der Waals surface area contributed by atoms with Crippen LogP contribution in [0.3, 0.4) is 0 Å². The number of carbonyl (C=O) groups is 2. The number of furan rings is 1. The number of hydrogen-bond donors (Lipinski definition) is 3. The predicted octanol–water partition coefficient (Wildman–Crippen LogP) is 5.44. The zero-order chi connectivity index (χ0) is 25.3. The first kappa shape index (κ1) is 23.7. The highest BCUT2D eigenvalue weighted by atomic mass is 32.3. The third-order valence-corrected chi connectivity index (χ3v) is 10.7. The molecular weight excluding hydrogens is 469 g/mol. The lowest BCUT2D eigenvalue weighted by Crippen LogP contribution is -2.51. The van der Waals surface area contributed by atoms with E-state index in [9.17, 15) is 14.0 Å². The number of rotatable bonds is 4. The molecule has 0 radical (unpaired) electrons. The minimum absolute atomic E-state index is 0.00296. The highest BCUT2D eigenvalue weighted by Gasteiger charge is 2.51. The number of benzene rings is 1. The molecule has 1 aliphatic carbocycles. The van der Waals surface area contributed by atoms with Crippen molar-refractivity contribution in [2.75, 3.05) is 29.4 Å². The fraction of sp³-hybridized carbons (Fsp3) is 0.480. The standard InChI is InChI=1S/C25H32FN5O3S/c1-14-13-34-19-15(14)8-9-17(26)18(19)27-23(33)31-12-16-20(24(31,2)3)29-30-21(16)28-22(32)25(10-7-11-25)35(4,5)6/h8-9,13H,7,10-12H2,1-6H3,(H,27,33)(H2,28,29,30,32). The number of urea groups is 1. The Kier molecular flexibility index (Phi) is 5.25. The van der Waals surface area contributed by atoms with E-state index in [0.717, 1.165) is 41.5 Å². The Morgan fingerprint density at radius 2 is 1.91 bits per heavy atom. The third-order valence-electron chi connectivity index (χ3n) is 7.81. The summed E-state index contributed by atoms with van der Waals surface area (Å²) >= 11 is 0. The second-order valence-corrected chi connectivity index (χ2v) is 15.3. The topological polar surface area (TPSA) is 103 Å². The Hall–Kier alpha value is -3.01. The first-order chi connectivity index (χ1) is 16.4. The van der Waals surface area contributed by atoms with Crippen molar-refractivity contribution in [1.82, 2.24) is 15.1 Å². The van der Waals surface area contributed by atoms with Crippen LogP contribution in [0.5, 0.6) is 0 Å². The molecule has 188 valence electrons. The van der Waals surface area contributed by atoms with Crippen molar-refractivity contribution >= 4 is 44.4 Å². The van der Waals surface area contributed by atoms with E-state index in [1.807, 2.05) is 20.8 Å². The van der Waals surface area contributed by atoms with Crippen LogP contribution in [0.4, 0.5) is 20.7 Å². The van der Waals surface area contributed by atoms with Crippen molar-refractivity contribution in [2.24, 2.45) is 0 Å². The quantitative estimate of drug-likeness (QED) is 0.443. The third kappa shape index (κ3) is 3.44. The normalized spacial score (nSPS) is 18.8. The number of nitrogens with one attached hydrogen (secondary N) is 3. The van der Waals surface area contributed by atoms with E-state index >= 15 is 0 Å². The van der Waals surface area contributed by atoms with Crippen molar-refractivity contribution in [3.63, 3.8) is 0 Å². The molecular formula is C25H32FN5O3S. The van der Waals surface area contributed by atoms with Crippen LogP contribution in [0.1, 0.15) is 49.9 Å². The summed E-state index contributed by atoms with van der Waals surface area (Å²) in [4.78, 5) is 28.3. The molecule has 1 aliphatic heterocycles. The molecule has 3 N–H and O–H groups in total. The SMILES string of the molecule is Cc1coc2c(NC(=O)N3Cc4c(NC(=O)C5(S(C)(C)C)CCC5)n[nH]c4C3(C)C)c(F)ccc12. The summed E-state index contributed by atoms with van der Waals surface area (Å²) in [6, 6.07) is 2.49. The largest absolute Gasteiger partial charge is 0.462 e. The van der Waals surface area contributed by atoms with Gasteiger partial charge in [0.15, 0.2) is 17.2 Å². The van der Waals surface area contributed by atoms with E-state index in [0.29, 0.717) is 11.4 Å². The first-order valence-corrected chi connectivity index (χ1v) is 14.5. The number of hydrogen-bond acceptors (Lipinski definition) is 4. The van der Waals surface area contributed by atoms with Gasteiger partial charge >= 0.3 is 6.03 Å². The second kappa shape index (κ2) is 7.74. The fourth-order valence-electron chi connectivity index (χ4n) is 5.28. The molecule has 0 atom stereocenters. The molecule has 1 saturated carbocycles. The predicted molar refractivity (Wildman–Crippen MR) is 138 cm³/mol. The van der Waals surface area contributed by atoms with Crippen molar-refractivity contribution in [3.05, 3.63) is 41.0 Å². The lowest BCUT2D eigenvalue weighted by molar-refractivity contribution is -0.120. The maximum atomic E-state index is 14.7. The van der Waals surface area contributed by atoms with Gasteiger partial charge in [0.1, 0.15) is 5.69 Å². The average Bonchev–Trinajstić information content (AvgIpc) is 3.36. The summed E-state index contributed by atoms with van der Waals surface area (Å²) in [5.74, 6) is -0.109. The van der Waals surface area contributed by atoms with Gasteiger partial charge in [-0.05, 0) is 76.5 Å². The monoisotopic (exact) mass is 501 g/mol. The highest BCUT2D eigenvalue weighted by molar-refractivity contribution is 8.33. The Balaban J connectivity index is 1.40. The Labute approximate surface area is 205 Å². The van der Waals surface area contributed by atoms with Gasteiger partial charge in [-0.2, -0.15) is 5.10 Å². The van der Waals surface area contributed by atoms with Crippen molar-refractivity contribution in [2.45, 2.75) is 56.9 Å². The summed E-state index contributed by atoms with van der Waals surface area (Å²) in [6.07, 6.45) is 10.9. The molecule has 8 nitrogen and oxygen atoms in total. The molecule has 3 heterocycles. The number of aryl methyl sites for hydroxylation is 1. The Bertz CT molecular complexity index is 1350. The van der Waals surface area contributed by atoms with Gasteiger partial charge < -0.3 is 20.0 Å². The minimum atomic E-state index is -1.12. The molecule has 0 spiro atoms. The molecule has 0 bridgehead atoms. The van der Waals surface area contributed by atoms with Crippen LogP contribution in [0.15, 0.2) is 22.8 Å². The maximum Gasteiger partial charge on any atom is 0.323 e. The number of aromatic nitrogens is 2. The average molecular weight is 502 g/mol. The van der Waals surface area contributed by atoms with Crippen LogP contribution in [-0.4, -0.2) is 50.5 Å². The van der Waals surface area contributed by atoms with Gasteiger partial charge in [0.05, 0.1) is 28.8 Å². The van der Waals surface area contributed by atoms with Crippen LogP contribution < -0.4 is 10.6 Å². The van der Waals surface area contributed by atoms with Gasteiger partial charge in [-0.15, -0.1) is 0 Å². The maximum absolute atomic E-state index is 14.7. The number of aromatic amines is 1. The van der Waals surface area contributed by atoms with Gasteiger partial charge in [0.2, 0.25) is 5.91 Å². The zero-order valence-corrected chi connectivity index (χ0v) is 21.8. The van der Waals surface area contributed by atoms with Crippen LogP contribution in [-0.2, 0) is 16.9 Å². The van der Waals surface area contributed by atoms with Crippen LogP contribution in [0, 0.1) is 12.7 Å². The minimum Gasteiger partial charge on any atom is -0.462 e. The molecule has 5 rings (SSSR count). The van der Waals surface area contributed by atoms with E-state index in [1.54, 1.807) is 17.2 Å². The molecule has 2 aliphatic rings. The smallest absolute Gasteiger partial charge is 0.323 e. The summed E-state index contributed by atoms with van der Waals surface area (Å²) in [6.45, 7) is 5.87. The van der Waals surface area contributed by atoms with Crippen LogP contribution in [0.2, 0.25) is 0 Å². The molecule has 1 fully saturated rings. The van der Waals surface area contributed by atoms with Gasteiger partial charge in [-0.3, -0.25) is 9.89 Å². The first-order valence-electron chi connectivity index (χ1n) is 11.7. The van der Waals surface area contributed by atoms with E-state index in [1.165, 1.54) is 6.07 Å². The highest BCUT2D eigenvalue weighted by Crippen LogP contribution is 2.60. The molecule has 10 heteroatoms. The van der Waals surface area contributed by atoms with Gasteiger partial charge in [-0.1, -0.05) is 0 Å². The zero-order valence-electron chi connectivity index (χ0n) is 21.0. The molecule has 1 aromatic carbocycles. The number of carbonyl (C=O) groups excluding carboxylic acids is 2. The van der Waals surface area contributed by atoms with Gasteiger partial charge in [-0.25, -0.2) is 19.2 Å². The van der Waals surface area contributed by atoms with E-state index < -0.39 is 27.4 Å². The van der Waals surface area contributed by atoms with Crippen LogP contribution >= 0.6 is 10.0 Å². The van der Waals surface area contributed by atoms with E-state index in [4.69, 9.17) is 4.42 Å². The summed E-state index contributed by atoms with van der Waals surface area (Å²) in [5, 5.41) is 13.9. The number of fused-ring (bicyclic) bond motifs is 2. The van der Waals surface area contributed by atoms with E-state index in [2.05, 4.69) is 39.6 Å². The lowest BCUT2D eigenvalue weighted by Gasteiger charge is -2.53. The Morgan fingerprint density at radius 1 is 1.20 bits per heavy atom. The lowest BCUT2D eigenvalue weighted by atomic mass is 9.83. The molecule has 2 aromatic heterocycles. The number of halogens is 1. The number of anilines is 2. The Morgan fingerprint density at radius 3 is 2.54 bits per heavy atom. The van der Waals surface area contributed by atoms with Crippen molar-refractivity contribution < 1.29 is 18.4 Å². The molecule has 0 unspecified atom stereocenters. The summed E-state index contributed by atoms with van der Waals surface area (Å²) in [7, 11) is -1.12. The van der Waals surface area contributed by atoms with Crippen molar-refractivity contribution in [3.8, 4) is 0 Å².